The van der Waals surface area contributed by atoms with Crippen LogP contribution in [0.3, 0.4) is 0 Å². The highest BCUT2D eigenvalue weighted by atomic mass is 17.2. The number of nitrogens with two attached hydrogens (primary N) is 1. The number of aliphatic hydroxyl groups is 1. The van der Waals surface area contributed by atoms with Gasteiger partial charge in [0.25, 0.3) is 0 Å². The SMILES string of the molecule is CC(=O)OOC(=O)CCC(=O)OOC(=O)COC(=O)C(N)CO. The molecule has 0 aliphatic rings. The Morgan fingerprint density at radius 2 is 1.39 bits per heavy atom. The molecule has 1 unspecified atom stereocenters. The molecule has 0 aromatic heterocycles. The lowest BCUT2D eigenvalue weighted by molar-refractivity contribution is -0.263. The predicted octanol–water partition coefficient (Wildman–Crippen LogP) is -2.35. The Morgan fingerprint density at radius 1 is 0.913 bits per heavy atom. The van der Waals surface area contributed by atoms with Gasteiger partial charge in [-0.2, -0.15) is 0 Å². The summed E-state index contributed by atoms with van der Waals surface area (Å²) in [5, 5.41) is 8.54. The van der Waals surface area contributed by atoms with Gasteiger partial charge in [0.2, 0.25) is 0 Å². The molecule has 0 aromatic carbocycles. The molecule has 0 amide bonds. The maximum Gasteiger partial charge on any atom is 0.392 e. The number of hydrogen-bond donors (Lipinski definition) is 2. The van der Waals surface area contributed by atoms with Crippen molar-refractivity contribution >= 4 is 29.8 Å². The second kappa shape index (κ2) is 10.9. The van der Waals surface area contributed by atoms with Crippen LogP contribution in [-0.2, 0) is 48.3 Å². The summed E-state index contributed by atoms with van der Waals surface area (Å²) < 4.78 is 4.33. The summed E-state index contributed by atoms with van der Waals surface area (Å²) in [5.41, 5.74) is 5.10. The first-order valence-electron chi connectivity index (χ1n) is 6.07. The molecule has 0 aliphatic carbocycles. The van der Waals surface area contributed by atoms with E-state index in [0.29, 0.717) is 0 Å². The van der Waals surface area contributed by atoms with Crippen LogP contribution in [0.25, 0.3) is 0 Å². The number of hydrogen-bond acceptors (Lipinski definition) is 12. The second-order valence-corrected chi connectivity index (χ2v) is 3.84. The number of carbonyl (C=O) groups is 5. The number of esters is 1. The molecule has 12 heteroatoms. The van der Waals surface area contributed by atoms with Crippen molar-refractivity contribution in [1.29, 1.82) is 0 Å². The van der Waals surface area contributed by atoms with Gasteiger partial charge in [0.1, 0.15) is 6.04 Å². The van der Waals surface area contributed by atoms with Crippen LogP contribution < -0.4 is 5.73 Å². The van der Waals surface area contributed by atoms with Crippen molar-refractivity contribution in [3.63, 3.8) is 0 Å². The Kier molecular flexibility index (Phi) is 9.62. The Labute approximate surface area is 129 Å². The summed E-state index contributed by atoms with van der Waals surface area (Å²) in [5.74, 6) is -5.25. The number of aliphatic hydroxyl groups excluding tert-OH is 1. The van der Waals surface area contributed by atoms with Gasteiger partial charge in [-0.3, -0.25) is 4.79 Å². The zero-order valence-electron chi connectivity index (χ0n) is 12.0. The third kappa shape index (κ3) is 10.6. The lowest BCUT2D eigenvalue weighted by Gasteiger charge is -2.07. The first kappa shape index (κ1) is 20.3. The second-order valence-electron chi connectivity index (χ2n) is 3.84. The molecular weight excluding hydrogens is 322 g/mol. The summed E-state index contributed by atoms with van der Waals surface area (Å²) in [4.78, 5) is 70.3. The normalized spacial score (nSPS) is 10.9. The van der Waals surface area contributed by atoms with Gasteiger partial charge in [-0.15, -0.1) is 0 Å². The van der Waals surface area contributed by atoms with Crippen LogP contribution in [0.4, 0.5) is 0 Å². The van der Waals surface area contributed by atoms with E-state index in [1.165, 1.54) is 0 Å². The van der Waals surface area contributed by atoms with Crippen LogP contribution in [0.1, 0.15) is 19.8 Å². The molecule has 0 aromatic rings. The fourth-order valence-electron chi connectivity index (χ4n) is 0.821. The largest absolute Gasteiger partial charge is 0.452 e. The monoisotopic (exact) mass is 337 g/mol. The summed E-state index contributed by atoms with van der Waals surface area (Å²) in [6.07, 6.45) is -1.02. The van der Waals surface area contributed by atoms with Crippen LogP contribution >= 0.6 is 0 Å². The Morgan fingerprint density at radius 3 is 1.87 bits per heavy atom. The van der Waals surface area contributed by atoms with Crippen LogP contribution in [0.2, 0.25) is 0 Å². The summed E-state index contributed by atoms with van der Waals surface area (Å²) in [6.45, 7) is -0.568. The van der Waals surface area contributed by atoms with Crippen molar-refractivity contribution in [1.82, 2.24) is 0 Å². The van der Waals surface area contributed by atoms with E-state index in [2.05, 4.69) is 24.3 Å². The van der Waals surface area contributed by atoms with Crippen LogP contribution in [-0.4, -0.2) is 54.2 Å². The standard InChI is InChI=1S/C11H15NO11/c1-6(14)20-21-8(15)2-3-9(16)22-23-10(17)5-19-11(18)7(12)4-13/h7,13H,2-5,12H2,1H3. The molecule has 0 bridgehead atoms. The van der Waals surface area contributed by atoms with E-state index in [0.717, 1.165) is 6.92 Å². The lowest BCUT2D eigenvalue weighted by atomic mass is 10.3. The minimum absolute atomic E-state index is 0.496. The van der Waals surface area contributed by atoms with E-state index in [4.69, 9.17) is 10.8 Å². The van der Waals surface area contributed by atoms with Gasteiger partial charge >= 0.3 is 29.8 Å². The lowest BCUT2D eigenvalue weighted by Crippen LogP contribution is -2.36. The summed E-state index contributed by atoms with van der Waals surface area (Å²) >= 11 is 0. The maximum absolute atomic E-state index is 11.1. The van der Waals surface area contributed by atoms with Crippen LogP contribution in [0, 0.1) is 0 Å². The van der Waals surface area contributed by atoms with Gasteiger partial charge < -0.3 is 15.6 Å². The van der Waals surface area contributed by atoms with Crippen molar-refractivity contribution in [3.8, 4) is 0 Å². The molecule has 3 N–H and O–H groups in total. The van der Waals surface area contributed by atoms with Gasteiger partial charge in [-0.25, -0.2) is 38.7 Å². The van der Waals surface area contributed by atoms with Crippen LogP contribution in [0.5, 0.6) is 0 Å². The number of carbonyl (C=O) groups excluding carboxylic acids is 5. The Bertz CT molecular complexity index is 461. The van der Waals surface area contributed by atoms with E-state index in [1.807, 2.05) is 0 Å². The summed E-state index contributed by atoms with van der Waals surface area (Å²) in [6, 6.07) is -1.31. The molecule has 0 spiro atoms. The van der Waals surface area contributed by atoms with Crippen molar-refractivity contribution in [2.24, 2.45) is 5.73 Å². The predicted molar refractivity (Wildman–Crippen MR) is 65.3 cm³/mol. The van der Waals surface area contributed by atoms with E-state index < -0.39 is 61.9 Å². The Balaban J connectivity index is 3.84. The van der Waals surface area contributed by atoms with E-state index >= 15 is 0 Å². The average Bonchev–Trinajstić information content (AvgIpc) is 2.52. The highest BCUT2D eigenvalue weighted by molar-refractivity contribution is 5.80. The molecular formula is C11H15NO11. The minimum Gasteiger partial charge on any atom is -0.452 e. The first-order valence-corrected chi connectivity index (χ1v) is 6.07. The summed E-state index contributed by atoms with van der Waals surface area (Å²) in [7, 11) is 0. The van der Waals surface area contributed by atoms with Crippen LogP contribution in [0.15, 0.2) is 0 Å². The minimum atomic E-state index is -1.31. The topological polar surface area (TPSA) is 178 Å². The van der Waals surface area contributed by atoms with Gasteiger partial charge in [0.05, 0.1) is 19.4 Å². The average molecular weight is 337 g/mol. The third-order valence-corrected chi connectivity index (χ3v) is 1.84. The van der Waals surface area contributed by atoms with E-state index in [1.54, 1.807) is 0 Å². The fraction of sp³-hybridized carbons (Fsp3) is 0.545. The van der Waals surface area contributed by atoms with Crippen molar-refractivity contribution < 1.29 is 53.4 Å². The highest BCUT2D eigenvalue weighted by Gasteiger charge is 2.18. The molecule has 12 nitrogen and oxygen atoms in total. The molecule has 130 valence electrons. The van der Waals surface area contributed by atoms with E-state index in [9.17, 15) is 24.0 Å². The molecule has 23 heavy (non-hydrogen) atoms. The zero-order valence-corrected chi connectivity index (χ0v) is 12.0. The molecule has 0 aliphatic heterocycles. The Hall–Kier alpha value is -2.73. The molecule has 0 heterocycles. The highest BCUT2D eigenvalue weighted by Crippen LogP contribution is 1.98. The van der Waals surface area contributed by atoms with Crippen molar-refractivity contribution in [2.75, 3.05) is 13.2 Å². The third-order valence-electron chi connectivity index (χ3n) is 1.84. The molecule has 0 saturated heterocycles. The molecule has 0 saturated carbocycles. The smallest absolute Gasteiger partial charge is 0.392 e. The van der Waals surface area contributed by atoms with Gasteiger partial charge in [0, 0.05) is 6.92 Å². The van der Waals surface area contributed by atoms with Gasteiger partial charge in [0.15, 0.2) is 6.61 Å². The van der Waals surface area contributed by atoms with Gasteiger partial charge in [-0.05, 0) is 0 Å². The molecule has 0 rings (SSSR count). The molecule has 1 atom stereocenters. The van der Waals surface area contributed by atoms with E-state index in [-0.39, 0.29) is 0 Å². The molecule has 0 fully saturated rings. The fourth-order valence-corrected chi connectivity index (χ4v) is 0.821. The quantitative estimate of drug-likeness (QED) is 0.287. The number of ether oxygens (including phenoxy) is 1. The van der Waals surface area contributed by atoms with Crippen molar-refractivity contribution in [3.05, 3.63) is 0 Å². The first-order chi connectivity index (χ1) is 10.8. The number of rotatable bonds is 7. The van der Waals surface area contributed by atoms with Gasteiger partial charge in [-0.1, -0.05) is 0 Å². The zero-order chi connectivity index (χ0) is 17.8. The maximum atomic E-state index is 11.1. The molecule has 0 radical (unpaired) electrons. The van der Waals surface area contributed by atoms with Crippen molar-refractivity contribution in [2.45, 2.75) is 25.8 Å².